The normalized spacial score (nSPS) is 16.9. The van der Waals surface area contributed by atoms with E-state index < -0.39 is 5.91 Å². The van der Waals surface area contributed by atoms with Crippen LogP contribution in [0.3, 0.4) is 0 Å². The Labute approximate surface area is 111 Å². The molecule has 0 unspecified atom stereocenters. The lowest BCUT2D eigenvalue weighted by Gasteiger charge is -2.40. The van der Waals surface area contributed by atoms with Gasteiger partial charge in [0.05, 0.1) is 5.56 Å². The van der Waals surface area contributed by atoms with Crippen LogP contribution in [0.25, 0.3) is 0 Å². The van der Waals surface area contributed by atoms with Crippen LogP contribution in [-0.4, -0.2) is 23.5 Å². The monoisotopic (exact) mass is 265 g/mol. The highest BCUT2D eigenvalue weighted by molar-refractivity contribution is 8.00. The van der Waals surface area contributed by atoms with Gasteiger partial charge in [0.15, 0.2) is 0 Å². The summed E-state index contributed by atoms with van der Waals surface area (Å²) in [4.78, 5) is 11.3. The molecular formula is C13H19N3OS. The second-order valence-electron chi connectivity index (χ2n) is 4.76. The molecule has 18 heavy (non-hydrogen) atoms. The van der Waals surface area contributed by atoms with Crippen molar-refractivity contribution in [3.8, 4) is 0 Å². The van der Waals surface area contributed by atoms with Crippen LogP contribution >= 0.6 is 11.8 Å². The van der Waals surface area contributed by atoms with Crippen LogP contribution < -0.4 is 16.8 Å². The maximum atomic E-state index is 11.3. The van der Waals surface area contributed by atoms with E-state index in [1.54, 1.807) is 18.2 Å². The van der Waals surface area contributed by atoms with Crippen LogP contribution in [0, 0.1) is 0 Å². The number of amides is 1. The van der Waals surface area contributed by atoms with Crippen LogP contribution in [0.2, 0.25) is 0 Å². The fourth-order valence-corrected chi connectivity index (χ4v) is 3.12. The Kier molecular flexibility index (Phi) is 3.71. The molecule has 0 heterocycles. The molecule has 1 aromatic carbocycles. The summed E-state index contributed by atoms with van der Waals surface area (Å²) in [5.41, 5.74) is 13.0. The largest absolute Gasteiger partial charge is 0.399 e. The first-order chi connectivity index (χ1) is 8.56. The second-order valence-corrected chi connectivity index (χ2v) is 6.04. The van der Waals surface area contributed by atoms with E-state index >= 15 is 0 Å². The fourth-order valence-electron chi connectivity index (χ4n) is 2.20. The average Bonchev–Trinajstić information content (AvgIpc) is 2.28. The number of nitrogens with two attached hydrogens (primary N) is 2. The number of thioether (sulfide) groups is 1. The summed E-state index contributed by atoms with van der Waals surface area (Å²) in [6, 6.07) is 5.14. The number of rotatable bonds is 5. The summed E-state index contributed by atoms with van der Waals surface area (Å²) in [7, 11) is 0. The first-order valence-electron chi connectivity index (χ1n) is 6.05. The predicted molar refractivity (Wildman–Crippen MR) is 78.0 cm³/mol. The summed E-state index contributed by atoms with van der Waals surface area (Å²) in [6.07, 6.45) is 5.85. The van der Waals surface area contributed by atoms with Crippen LogP contribution in [-0.2, 0) is 0 Å². The number of carbonyl (C=O) groups excluding carboxylic acids is 1. The van der Waals surface area contributed by atoms with E-state index in [0.717, 1.165) is 12.2 Å². The van der Waals surface area contributed by atoms with Gasteiger partial charge in [0.1, 0.15) is 0 Å². The molecule has 1 aromatic rings. The molecule has 2 rings (SSSR count). The van der Waals surface area contributed by atoms with Gasteiger partial charge in [0, 0.05) is 22.7 Å². The maximum absolute atomic E-state index is 11.3. The van der Waals surface area contributed by atoms with E-state index in [9.17, 15) is 4.79 Å². The van der Waals surface area contributed by atoms with Gasteiger partial charge in [-0.3, -0.25) is 4.79 Å². The van der Waals surface area contributed by atoms with Crippen LogP contribution in [0.4, 0.5) is 11.4 Å². The molecule has 1 aliphatic rings. The van der Waals surface area contributed by atoms with Gasteiger partial charge < -0.3 is 16.8 Å². The Morgan fingerprint density at radius 2 is 2.22 bits per heavy atom. The second kappa shape index (κ2) is 5.10. The third-order valence-electron chi connectivity index (χ3n) is 3.61. The van der Waals surface area contributed by atoms with Crippen molar-refractivity contribution in [3.05, 3.63) is 23.8 Å². The van der Waals surface area contributed by atoms with Gasteiger partial charge in [-0.25, -0.2) is 0 Å². The van der Waals surface area contributed by atoms with Crippen molar-refractivity contribution in [2.24, 2.45) is 5.73 Å². The molecule has 0 radical (unpaired) electrons. The van der Waals surface area contributed by atoms with Crippen molar-refractivity contribution in [1.29, 1.82) is 0 Å². The standard InChI is InChI=1S/C13H19N3OS/c1-18-13(5-2-6-13)8-16-11-7-9(14)3-4-10(11)12(15)17/h3-4,7,16H,2,5-6,8,14H2,1H3,(H2,15,17). The lowest BCUT2D eigenvalue weighted by molar-refractivity contribution is 0.100. The van der Waals surface area contributed by atoms with E-state index in [4.69, 9.17) is 11.5 Å². The SMILES string of the molecule is CSC1(CNc2cc(N)ccc2C(N)=O)CCC1. The molecule has 0 atom stereocenters. The van der Waals surface area contributed by atoms with Gasteiger partial charge >= 0.3 is 0 Å². The Balaban J connectivity index is 2.12. The first kappa shape index (κ1) is 13.1. The summed E-state index contributed by atoms with van der Waals surface area (Å²) >= 11 is 1.89. The zero-order valence-electron chi connectivity index (χ0n) is 10.5. The predicted octanol–water partition coefficient (Wildman–Crippen LogP) is 2.07. The number of nitrogens with one attached hydrogen (secondary N) is 1. The van der Waals surface area contributed by atoms with Crippen molar-refractivity contribution in [2.75, 3.05) is 23.9 Å². The third kappa shape index (κ3) is 2.56. The molecule has 1 fully saturated rings. The van der Waals surface area contributed by atoms with Crippen molar-refractivity contribution in [1.82, 2.24) is 0 Å². The van der Waals surface area contributed by atoms with Crippen molar-refractivity contribution in [2.45, 2.75) is 24.0 Å². The van der Waals surface area contributed by atoms with E-state index in [1.807, 2.05) is 11.8 Å². The molecule has 1 aliphatic carbocycles. The summed E-state index contributed by atoms with van der Waals surface area (Å²) < 4.78 is 0.305. The minimum Gasteiger partial charge on any atom is -0.399 e. The van der Waals surface area contributed by atoms with E-state index in [0.29, 0.717) is 16.0 Å². The topological polar surface area (TPSA) is 81.1 Å². The van der Waals surface area contributed by atoms with Gasteiger partial charge in [-0.2, -0.15) is 11.8 Å². The van der Waals surface area contributed by atoms with Crippen molar-refractivity contribution in [3.63, 3.8) is 0 Å². The number of hydrogen-bond donors (Lipinski definition) is 3. The minimum atomic E-state index is -0.427. The van der Waals surface area contributed by atoms with Gasteiger partial charge in [-0.05, 0) is 37.3 Å². The average molecular weight is 265 g/mol. The highest BCUT2D eigenvalue weighted by atomic mass is 32.2. The zero-order valence-corrected chi connectivity index (χ0v) is 11.3. The number of benzene rings is 1. The lowest BCUT2D eigenvalue weighted by atomic mass is 9.84. The number of primary amides is 1. The Bertz CT molecular complexity index is 452. The summed E-state index contributed by atoms with van der Waals surface area (Å²) in [5, 5.41) is 3.33. The van der Waals surface area contributed by atoms with Gasteiger partial charge in [0.25, 0.3) is 5.91 Å². The van der Waals surface area contributed by atoms with Crippen LogP contribution in [0.1, 0.15) is 29.6 Å². The molecule has 5 N–H and O–H groups in total. The van der Waals surface area contributed by atoms with Gasteiger partial charge in [-0.15, -0.1) is 0 Å². The van der Waals surface area contributed by atoms with E-state index in [2.05, 4.69) is 11.6 Å². The Morgan fingerprint density at radius 3 is 2.72 bits per heavy atom. The molecule has 98 valence electrons. The highest BCUT2D eigenvalue weighted by Crippen LogP contribution is 2.42. The number of anilines is 2. The smallest absolute Gasteiger partial charge is 0.250 e. The fraction of sp³-hybridized carbons (Fsp3) is 0.462. The molecule has 5 heteroatoms. The van der Waals surface area contributed by atoms with Crippen LogP contribution in [0.5, 0.6) is 0 Å². The summed E-state index contributed by atoms with van der Waals surface area (Å²) in [5.74, 6) is -0.427. The molecule has 1 saturated carbocycles. The van der Waals surface area contributed by atoms with E-state index in [1.165, 1.54) is 19.3 Å². The molecule has 0 saturated heterocycles. The van der Waals surface area contributed by atoms with Crippen molar-refractivity contribution < 1.29 is 4.79 Å². The molecule has 4 nitrogen and oxygen atoms in total. The molecule has 0 aromatic heterocycles. The minimum absolute atomic E-state index is 0.305. The van der Waals surface area contributed by atoms with E-state index in [-0.39, 0.29) is 0 Å². The highest BCUT2D eigenvalue weighted by Gasteiger charge is 2.35. The number of nitrogen functional groups attached to an aromatic ring is 1. The maximum Gasteiger partial charge on any atom is 0.250 e. The molecule has 0 bridgehead atoms. The number of carbonyl (C=O) groups is 1. The number of hydrogen-bond acceptors (Lipinski definition) is 4. The van der Waals surface area contributed by atoms with Crippen molar-refractivity contribution >= 4 is 29.0 Å². The zero-order chi connectivity index (χ0) is 13.2. The van der Waals surface area contributed by atoms with Crippen LogP contribution in [0.15, 0.2) is 18.2 Å². The molecule has 1 amide bonds. The van der Waals surface area contributed by atoms with Gasteiger partial charge in [0.2, 0.25) is 0 Å². The molecular weight excluding hydrogens is 246 g/mol. The quantitative estimate of drug-likeness (QED) is 0.712. The molecule has 0 spiro atoms. The van der Waals surface area contributed by atoms with Gasteiger partial charge in [-0.1, -0.05) is 6.42 Å². The first-order valence-corrected chi connectivity index (χ1v) is 7.27. The third-order valence-corrected chi connectivity index (χ3v) is 5.03. The molecule has 0 aliphatic heterocycles. The Hall–Kier alpha value is -1.36. The summed E-state index contributed by atoms with van der Waals surface area (Å²) in [6.45, 7) is 0.845. The Morgan fingerprint density at radius 1 is 1.50 bits per heavy atom. The lowest BCUT2D eigenvalue weighted by Crippen LogP contribution is -2.40.